The zero-order chi connectivity index (χ0) is 13.7. The van der Waals surface area contributed by atoms with Gasteiger partial charge in [0.05, 0.1) is 11.8 Å². The van der Waals surface area contributed by atoms with Crippen LogP contribution in [0.15, 0.2) is 53.3 Å². The molecule has 0 spiro atoms. The molecule has 1 heterocycles. The summed E-state index contributed by atoms with van der Waals surface area (Å²) in [5, 5.41) is 11.6. The third-order valence-corrected chi connectivity index (χ3v) is 2.67. The van der Waals surface area contributed by atoms with E-state index in [9.17, 15) is 9.59 Å². The molecule has 1 aromatic heterocycles. The van der Waals surface area contributed by atoms with Crippen molar-refractivity contribution in [3.8, 4) is 0 Å². The lowest BCUT2D eigenvalue weighted by Crippen LogP contribution is -2.42. The van der Waals surface area contributed by atoms with Crippen molar-refractivity contribution in [1.82, 2.24) is 5.32 Å². The summed E-state index contributed by atoms with van der Waals surface area (Å²) in [5.74, 6) is -1.53. The van der Waals surface area contributed by atoms with Crippen LogP contribution in [0, 0.1) is 0 Å². The van der Waals surface area contributed by atoms with Gasteiger partial charge in [-0.3, -0.25) is 4.79 Å². The molecule has 0 fully saturated rings. The molecule has 5 nitrogen and oxygen atoms in total. The highest BCUT2D eigenvalue weighted by Crippen LogP contribution is 2.05. The normalized spacial score (nSPS) is 11.8. The Labute approximate surface area is 109 Å². The van der Waals surface area contributed by atoms with E-state index in [0.29, 0.717) is 5.56 Å². The minimum atomic E-state index is -1.07. The van der Waals surface area contributed by atoms with Crippen molar-refractivity contribution >= 4 is 11.9 Å². The summed E-state index contributed by atoms with van der Waals surface area (Å²) in [6.45, 7) is 0. The van der Waals surface area contributed by atoms with Gasteiger partial charge in [-0.25, -0.2) is 4.79 Å². The number of nitrogens with one attached hydrogen (secondary N) is 1. The van der Waals surface area contributed by atoms with Crippen molar-refractivity contribution in [1.29, 1.82) is 0 Å². The zero-order valence-corrected chi connectivity index (χ0v) is 10.1. The highest BCUT2D eigenvalue weighted by molar-refractivity contribution is 5.96. The fourth-order valence-electron chi connectivity index (χ4n) is 1.69. The molecule has 1 aromatic carbocycles. The molecule has 2 N–H and O–H groups in total. The molecule has 0 unspecified atom stereocenters. The maximum absolute atomic E-state index is 11.8. The molecule has 98 valence electrons. The van der Waals surface area contributed by atoms with Gasteiger partial charge in [-0.15, -0.1) is 0 Å². The Bertz CT molecular complexity index is 548. The average Bonchev–Trinajstić information content (AvgIpc) is 2.93. The predicted molar refractivity (Wildman–Crippen MR) is 67.7 cm³/mol. The molecule has 1 atom stereocenters. The molecule has 5 heteroatoms. The Hall–Kier alpha value is -2.56. The topological polar surface area (TPSA) is 79.5 Å². The quantitative estimate of drug-likeness (QED) is 0.856. The van der Waals surface area contributed by atoms with Crippen LogP contribution in [0.1, 0.15) is 15.9 Å². The van der Waals surface area contributed by atoms with Crippen LogP contribution in [0.2, 0.25) is 0 Å². The first kappa shape index (κ1) is 12.9. The SMILES string of the molecule is O=C(N[C@H](Cc1ccccc1)C(=O)O)c1ccoc1. The monoisotopic (exact) mass is 259 g/mol. The summed E-state index contributed by atoms with van der Waals surface area (Å²) in [7, 11) is 0. The molecule has 0 bridgehead atoms. The van der Waals surface area contributed by atoms with Gasteiger partial charge < -0.3 is 14.8 Å². The standard InChI is InChI=1S/C14H13NO4/c16-13(11-6-7-19-9-11)15-12(14(17)18)8-10-4-2-1-3-5-10/h1-7,9,12H,8H2,(H,15,16)(H,17,18)/t12-/m1/s1. The highest BCUT2D eigenvalue weighted by atomic mass is 16.4. The van der Waals surface area contributed by atoms with Crippen LogP contribution in [-0.2, 0) is 11.2 Å². The van der Waals surface area contributed by atoms with Gasteiger partial charge in [0.2, 0.25) is 0 Å². The number of carboxylic acid groups (broad SMARTS) is 1. The second kappa shape index (κ2) is 5.86. The van der Waals surface area contributed by atoms with Gasteiger partial charge in [0, 0.05) is 6.42 Å². The molecule has 2 aromatic rings. The van der Waals surface area contributed by atoms with E-state index in [-0.39, 0.29) is 6.42 Å². The number of rotatable bonds is 5. The van der Waals surface area contributed by atoms with E-state index in [1.807, 2.05) is 30.3 Å². The molecular formula is C14H13NO4. The van der Waals surface area contributed by atoms with Crippen LogP contribution in [-0.4, -0.2) is 23.0 Å². The van der Waals surface area contributed by atoms with E-state index in [4.69, 9.17) is 9.52 Å². The van der Waals surface area contributed by atoms with Gasteiger partial charge >= 0.3 is 5.97 Å². The van der Waals surface area contributed by atoms with E-state index >= 15 is 0 Å². The molecular weight excluding hydrogens is 246 g/mol. The van der Waals surface area contributed by atoms with Gasteiger partial charge in [0.1, 0.15) is 12.3 Å². The van der Waals surface area contributed by atoms with E-state index in [1.54, 1.807) is 0 Å². The lowest BCUT2D eigenvalue weighted by molar-refractivity contribution is -0.139. The summed E-state index contributed by atoms with van der Waals surface area (Å²) >= 11 is 0. The largest absolute Gasteiger partial charge is 0.480 e. The molecule has 0 aliphatic carbocycles. The van der Waals surface area contributed by atoms with E-state index in [0.717, 1.165) is 5.56 Å². The van der Waals surface area contributed by atoms with Crippen molar-refractivity contribution in [2.24, 2.45) is 0 Å². The molecule has 0 saturated heterocycles. The molecule has 2 rings (SSSR count). The van der Waals surface area contributed by atoms with Gasteiger partial charge in [0.25, 0.3) is 5.91 Å². The maximum atomic E-state index is 11.8. The number of carboxylic acids is 1. The van der Waals surface area contributed by atoms with Crippen LogP contribution in [0.25, 0.3) is 0 Å². The molecule has 0 aliphatic heterocycles. The van der Waals surface area contributed by atoms with Gasteiger partial charge in [-0.2, -0.15) is 0 Å². The Morgan fingerprint density at radius 1 is 1.21 bits per heavy atom. The van der Waals surface area contributed by atoms with E-state index < -0.39 is 17.9 Å². The third-order valence-electron chi connectivity index (χ3n) is 2.67. The third kappa shape index (κ3) is 3.45. The lowest BCUT2D eigenvalue weighted by atomic mass is 10.1. The van der Waals surface area contributed by atoms with Crippen molar-refractivity contribution in [3.05, 3.63) is 60.1 Å². The highest BCUT2D eigenvalue weighted by Gasteiger charge is 2.21. The predicted octanol–water partition coefficient (Wildman–Crippen LogP) is 1.71. The fraction of sp³-hybridized carbons (Fsp3) is 0.143. The lowest BCUT2D eigenvalue weighted by Gasteiger charge is -2.13. The number of hydrogen-bond donors (Lipinski definition) is 2. The Morgan fingerprint density at radius 3 is 2.53 bits per heavy atom. The first-order valence-corrected chi connectivity index (χ1v) is 5.76. The second-order valence-electron chi connectivity index (χ2n) is 4.07. The van der Waals surface area contributed by atoms with Crippen LogP contribution in [0.3, 0.4) is 0 Å². The number of amides is 1. The Balaban J connectivity index is 2.05. The summed E-state index contributed by atoms with van der Waals surface area (Å²) in [6, 6.07) is 9.66. The first-order chi connectivity index (χ1) is 9.16. The van der Waals surface area contributed by atoms with Crippen molar-refractivity contribution in [2.75, 3.05) is 0 Å². The smallest absolute Gasteiger partial charge is 0.326 e. The minimum Gasteiger partial charge on any atom is -0.480 e. The second-order valence-corrected chi connectivity index (χ2v) is 4.07. The summed E-state index contributed by atoms with van der Waals surface area (Å²) < 4.78 is 4.79. The van der Waals surface area contributed by atoms with Crippen LogP contribution in [0.4, 0.5) is 0 Å². The van der Waals surface area contributed by atoms with Crippen molar-refractivity contribution < 1.29 is 19.1 Å². The zero-order valence-electron chi connectivity index (χ0n) is 10.1. The summed E-state index contributed by atoms with van der Waals surface area (Å²) in [4.78, 5) is 22.9. The molecule has 0 aliphatic rings. The summed E-state index contributed by atoms with van der Waals surface area (Å²) in [6.07, 6.45) is 2.87. The van der Waals surface area contributed by atoms with Crippen LogP contribution < -0.4 is 5.32 Å². The maximum Gasteiger partial charge on any atom is 0.326 e. The summed E-state index contributed by atoms with van der Waals surface area (Å²) in [5.41, 5.74) is 1.15. The number of furan rings is 1. The number of aliphatic carboxylic acids is 1. The van der Waals surface area contributed by atoms with Crippen molar-refractivity contribution in [2.45, 2.75) is 12.5 Å². The van der Waals surface area contributed by atoms with Gasteiger partial charge in [-0.05, 0) is 11.6 Å². The van der Waals surface area contributed by atoms with Crippen LogP contribution >= 0.6 is 0 Å². The van der Waals surface area contributed by atoms with E-state index in [2.05, 4.69) is 5.32 Å². The number of hydrogen-bond acceptors (Lipinski definition) is 3. The molecule has 0 saturated carbocycles. The van der Waals surface area contributed by atoms with Gasteiger partial charge in [-0.1, -0.05) is 30.3 Å². The molecule has 19 heavy (non-hydrogen) atoms. The molecule has 0 radical (unpaired) electrons. The number of carbonyl (C=O) groups is 2. The Morgan fingerprint density at radius 2 is 1.95 bits per heavy atom. The minimum absolute atomic E-state index is 0.236. The number of carbonyl (C=O) groups excluding carboxylic acids is 1. The fourth-order valence-corrected chi connectivity index (χ4v) is 1.69. The Kier molecular flexibility index (Phi) is 3.97. The molecule has 1 amide bonds. The van der Waals surface area contributed by atoms with Crippen molar-refractivity contribution in [3.63, 3.8) is 0 Å². The number of benzene rings is 1. The van der Waals surface area contributed by atoms with Crippen LogP contribution in [0.5, 0.6) is 0 Å². The average molecular weight is 259 g/mol. The van der Waals surface area contributed by atoms with E-state index in [1.165, 1.54) is 18.6 Å². The first-order valence-electron chi connectivity index (χ1n) is 5.76. The van der Waals surface area contributed by atoms with Gasteiger partial charge in [0.15, 0.2) is 0 Å².